The molecule has 0 saturated heterocycles. The molecule has 1 aromatic heterocycles. The predicted molar refractivity (Wildman–Crippen MR) is 79.0 cm³/mol. The van der Waals surface area contributed by atoms with Crippen molar-refractivity contribution in [1.29, 1.82) is 0 Å². The van der Waals surface area contributed by atoms with Gasteiger partial charge in [-0.2, -0.15) is 0 Å². The Hall–Kier alpha value is -2.56. The molecule has 0 aliphatic rings. The number of nitrogens with one attached hydrogen (secondary N) is 1. The van der Waals surface area contributed by atoms with Gasteiger partial charge in [-0.3, -0.25) is 4.79 Å². The predicted octanol–water partition coefficient (Wildman–Crippen LogP) is 2.62. The lowest BCUT2D eigenvalue weighted by atomic mass is 10.1. The molecule has 5 heteroatoms. The first kappa shape index (κ1) is 13.9. The van der Waals surface area contributed by atoms with Crippen molar-refractivity contribution in [1.82, 2.24) is 4.98 Å². The van der Waals surface area contributed by atoms with E-state index in [-0.39, 0.29) is 5.91 Å². The maximum absolute atomic E-state index is 12.1. The molecule has 20 heavy (non-hydrogen) atoms. The quantitative estimate of drug-likeness (QED) is 0.838. The van der Waals surface area contributed by atoms with Gasteiger partial charge in [-0.1, -0.05) is 0 Å². The van der Waals surface area contributed by atoms with E-state index in [9.17, 15) is 4.79 Å². The van der Waals surface area contributed by atoms with Gasteiger partial charge in [0.25, 0.3) is 5.91 Å². The highest BCUT2D eigenvalue weighted by Crippen LogP contribution is 2.15. The van der Waals surface area contributed by atoms with Gasteiger partial charge < -0.3 is 15.8 Å². The molecule has 104 valence electrons. The molecule has 0 unspecified atom stereocenters. The molecule has 0 radical (unpaired) electrons. The van der Waals surface area contributed by atoms with Gasteiger partial charge in [0.15, 0.2) is 0 Å². The second-order valence-electron chi connectivity index (χ2n) is 4.40. The van der Waals surface area contributed by atoms with Crippen molar-refractivity contribution >= 4 is 17.3 Å². The fourth-order valence-corrected chi connectivity index (χ4v) is 1.83. The minimum Gasteiger partial charge on any atom is -0.478 e. The molecule has 1 heterocycles. The number of carbonyl (C=O) groups excluding carboxylic acids is 1. The Morgan fingerprint density at radius 3 is 2.75 bits per heavy atom. The summed E-state index contributed by atoms with van der Waals surface area (Å²) in [5.74, 6) is 0.316. The summed E-state index contributed by atoms with van der Waals surface area (Å²) in [6, 6.07) is 8.70. The number of rotatable bonds is 4. The van der Waals surface area contributed by atoms with Crippen LogP contribution < -0.4 is 15.8 Å². The van der Waals surface area contributed by atoms with Gasteiger partial charge in [0.2, 0.25) is 5.88 Å². The molecular formula is C15H17N3O2. The van der Waals surface area contributed by atoms with E-state index in [1.165, 1.54) is 0 Å². The summed E-state index contributed by atoms with van der Waals surface area (Å²) in [7, 11) is 0. The van der Waals surface area contributed by atoms with E-state index < -0.39 is 0 Å². The van der Waals surface area contributed by atoms with Crippen LogP contribution in [0, 0.1) is 6.92 Å². The minimum absolute atomic E-state index is 0.216. The summed E-state index contributed by atoms with van der Waals surface area (Å²) in [5.41, 5.74) is 8.38. The van der Waals surface area contributed by atoms with Crippen LogP contribution in [0.2, 0.25) is 0 Å². The number of carbonyl (C=O) groups is 1. The van der Waals surface area contributed by atoms with Crippen LogP contribution in [0.4, 0.5) is 11.4 Å². The van der Waals surface area contributed by atoms with Crippen LogP contribution in [-0.4, -0.2) is 17.5 Å². The van der Waals surface area contributed by atoms with Crippen molar-refractivity contribution in [2.24, 2.45) is 0 Å². The second-order valence-corrected chi connectivity index (χ2v) is 4.40. The number of aryl methyl sites for hydroxylation is 1. The lowest BCUT2D eigenvalue weighted by Crippen LogP contribution is -2.12. The lowest BCUT2D eigenvalue weighted by molar-refractivity contribution is 0.102. The summed E-state index contributed by atoms with van der Waals surface area (Å²) in [5, 5.41) is 2.77. The van der Waals surface area contributed by atoms with E-state index in [1.807, 2.05) is 19.9 Å². The molecule has 1 aromatic carbocycles. The van der Waals surface area contributed by atoms with Gasteiger partial charge >= 0.3 is 0 Å². The topological polar surface area (TPSA) is 77.2 Å². The summed E-state index contributed by atoms with van der Waals surface area (Å²) < 4.78 is 5.24. The van der Waals surface area contributed by atoms with Gasteiger partial charge in [-0.15, -0.1) is 0 Å². The van der Waals surface area contributed by atoms with Crippen LogP contribution in [0.3, 0.4) is 0 Å². The van der Waals surface area contributed by atoms with Crippen molar-refractivity contribution < 1.29 is 9.53 Å². The second kappa shape index (κ2) is 6.06. The average molecular weight is 271 g/mol. The van der Waals surface area contributed by atoms with Crippen LogP contribution in [0.15, 0.2) is 36.5 Å². The zero-order valence-electron chi connectivity index (χ0n) is 11.5. The smallest absolute Gasteiger partial charge is 0.255 e. The van der Waals surface area contributed by atoms with Crippen molar-refractivity contribution in [2.75, 3.05) is 17.7 Å². The number of hydrogen-bond donors (Lipinski definition) is 2. The summed E-state index contributed by atoms with van der Waals surface area (Å²) in [6.07, 6.45) is 1.56. The van der Waals surface area contributed by atoms with Crippen molar-refractivity contribution in [3.05, 3.63) is 47.7 Å². The third kappa shape index (κ3) is 3.47. The van der Waals surface area contributed by atoms with Gasteiger partial charge in [-0.05, 0) is 43.7 Å². The fraction of sp³-hybridized carbons (Fsp3) is 0.200. The molecular weight excluding hydrogens is 254 g/mol. The van der Waals surface area contributed by atoms with E-state index in [4.69, 9.17) is 10.5 Å². The standard InChI is InChI=1S/C15H17N3O2/c1-3-20-14-5-4-13(9-17-14)18-15(19)11-6-10(2)7-12(16)8-11/h4-9H,3,16H2,1-2H3,(H,18,19). The van der Waals surface area contributed by atoms with E-state index >= 15 is 0 Å². The maximum atomic E-state index is 12.1. The highest BCUT2D eigenvalue weighted by Gasteiger charge is 2.08. The Labute approximate surface area is 117 Å². The van der Waals surface area contributed by atoms with Crippen LogP contribution in [-0.2, 0) is 0 Å². The normalized spacial score (nSPS) is 10.1. The fourth-order valence-electron chi connectivity index (χ4n) is 1.83. The molecule has 0 bridgehead atoms. The van der Waals surface area contributed by atoms with E-state index in [1.54, 1.807) is 30.5 Å². The number of anilines is 2. The van der Waals surface area contributed by atoms with Crippen LogP contribution in [0.1, 0.15) is 22.8 Å². The highest BCUT2D eigenvalue weighted by atomic mass is 16.5. The lowest BCUT2D eigenvalue weighted by Gasteiger charge is -2.07. The number of aromatic nitrogens is 1. The Morgan fingerprint density at radius 2 is 2.15 bits per heavy atom. The number of pyridine rings is 1. The van der Waals surface area contributed by atoms with E-state index in [0.717, 1.165) is 5.56 Å². The molecule has 0 aliphatic heterocycles. The zero-order chi connectivity index (χ0) is 14.5. The number of nitrogen functional groups attached to an aromatic ring is 1. The number of benzene rings is 1. The van der Waals surface area contributed by atoms with Gasteiger partial charge in [-0.25, -0.2) is 4.98 Å². The zero-order valence-corrected chi connectivity index (χ0v) is 11.5. The molecule has 0 spiro atoms. The summed E-state index contributed by atoms with van der Waals surface area (Å²) >= 11 is 0. The SMILES string of the molecule is CCOc1ccc(NC(=O)c2cc(C)cc(N)c2)cn1. The third-order valence-electron chi connectivity index (χ3n) is 2.65. The van der Waals surface area contributed by atoms with Gasteiger partial charge in [0, 0.05) is 17.3 Å². The van der Waals surface area contributed by atoms with E-state index in [2.05, 4.69) is 10.3 Å². The van der Waals surface area contributed by atoms with Crippen LogP contribution >= 0.6 is 0 Å². The van der Waals surface area contributed by atoms with Crippen molar-refractivity contribution in [3.63, 3.8) is 0 Å². The molecule has 2 aromatic rings. The maximum Gasteiger partial charge on any atom is 0.255 e. The molecule has 0 fully saturated rings. The number of hydrogen-bond acceptors (Lipinski definition) is 4. The molecule has 1 amide bonds. The highest BCUT2D eigenvalue weighted by molar-refractivity contribution is 6.04. The minimum atomic E-state index is -0.216. The summed E-state index contributed by atoms with van der Waals surface area (Å²) in [6.45, 7) is 4.34. The van der Waals surface area contributed by atoms with Gasteiger partial charge in [0.1, 0.15) is 0 Å². The first-order valence-electron chi connectivity index (χ1n) is 6.36. The molecule has 2 rings (SSSR count). The molecule has 0 saturated carbocycles. The van der Waals surface area contributed by atoms with Crippen molar-refractivity contribution in [2.45, 2.75) is 13.8 Å². The number of ether oxygens (including phenoxy) is 1. The largest absolute Gasteiger partial charge is 0.478 e. The first-order valence-corrected chi connectivity index (χ1v) is 6.36. The van der Waals surface area contributed by atoms with Crippen LogP contribution in [0.5, 0.6) is 5.88 Å². The van der Waals surface area contributed by atoms with E-state index in [0.29, 0.717) is 29.4 Å². The Balaban J connectivity index is 2.10. The Bertz CT molecular complexity index is 589. The number of nitrogens with zero attached hydrogens (tertiary/aromatic N) is 1. The first-order chi connectivity index (χ1) is 9.58. The number of nitrogens with two attached hydrogens (primary N) is 1. The monoisotopic (exact) mass is 271 g/mol. The molecule has 3 N–H and O–H groups in total. The molecule has 0 aliphatic carbocycles. The van der Waals surface area contributed by atoms with Gasteiger partial charge in [0.05, 0.1) is 18.5 Å². The number of amides is 1. The van der Waals surface area contributed by atoms with Crippen molar-refractivity contribution in [3.8, 4) is 5.88 Å². The molecule has 5 nitrogen and oxygen atoms in total. The average Bonchev–Trinajstić information content (AvgIpc) is 2.40. The van der Waals surface area contributed by atoms with Crippen LogP contribution in [0.25, 0.3) is 0 Å². The summed E-state index contributed by atoms with van der Waals surface area (Å²) in [4.78, 5) is 16.2. The third-order valence-corrected chi connectivity index (χ3v) is 2.65. The Morgan fingerprint density at radius 1 is 1.35 bits per heavy atom. The Kier molecular flexibility index (Phi) is 4.20. The molecule has 0 atom stereocenters.